The van der Waals surface area contributed by atoms with Gasteiger partial charge in [0.25, 0.3) is 0 Å². The van der Waals surface area contributed by atoms with Crippen molar-refractivity contribution in [1.29, 1.82) is 0 Å². The summed E-state index contributed by atoms with van der Waals surface area (Å²) >= 11 is 0. The van der Waals surface area contributed by atoms with E-state index in [1.807, 2.05) is 0 Å². The molecule has 1 aliphatic carbocycles. The molecule has 4 nitrogen and oxygen atoms in total. The fraction of sp³-hybridized carbons (Fsp3) is 0.842. The van der Waals surface area contributed by atoms with E-state index in [9.17, 15) is 14.4 Å². The van der Waals surface area contributed by atoms with Crippen LogP contribution < -0.4 is 0 Å². The van der Waals surface area contributed by atoms with Crippen LogP contribution in [-0.4, -0.2) is 24.1 Å². The number of rotatable bonds is 4. The lowest BCUT2D eigenvalue weighted by atomic mass is 10.00. The Kier molecular flexibility index (Phi) is 12.6. The molecule has 0 amide bonds. The number of carbonyl (C=O) groups excluding carboxylic acids is 3. The average Bonchev–Trinajstić information content (AvgIpc) is 2.90. The molecule has 4 heteroatoms. The van der Waals surface area contributed by atoms with Gasteiger partial charge in [-0.3, -0.25) is 14.4 Å². The molecule has 2 fully saturated rings. The maximum atomic E-state index is 11.1. The van der Waals surface area contributed by atoms with Gasteiger partial charge in [0.15, 0.2) is 0 Å². The quantitative estimate of drug-likeness (QED) is 0.714. The molecule has 1 saturated heterocycles. The minimum atomic E-state index is -0.0463. The molecule has 1 saturated carbocycles. The summed E-state index contributed by atoms with van der Waals surface area (Å²) in [5, 5.41) is 0. The molecular formula is C19H34O4. The molecule has 0 radical (unpaired) electrons. The van der Waals surface area contributed by atoms with E-state index in [0.29, 0.717) is 36.4 Å². The van der Waals surface area contributed by atoms with Gasteiger partial charge in [-0.1, -0.05) is 34.1 Å². The van der Waals surface area contributed by atoms with Gasteiger partial charge in [0, 0.05) is 32.1 Å². The van der Waals surface area contributed by atoms with Crippen molar-refractivity contribution in [2.75, 3.05) is 6.61 Å². The summed E-state index contributed by atoms with van der Waals surface area (Å²) in [6, 6.07) is 0. The van der Waals surface area contributed by atoms with Crippen molar-refractivity contribution >= 4 is 17.5 Å². The number of ketones is 2. The summed E-state index contributed by atoms with van der Waals surface area (Å²) in [6.45, 7) is 8.96. The van der Waals surface area contributed by atoms with E-state index in [2.05, 4.69) is 32.4 Å². The van der Waals surface area contributed by atoms with Crippen LogP contribution in [-0.2, 0) is 19.1 Å². The van der Waals surface area contributed by atoms with Gasteiger partial charge in [-0.15, -0.1) is 0 Å². The molecule has 0 unspecified atom stereocenters. The normalized spacial score (nSPS) is 17.1. The van der Waals surface area contributed by atoms with E-state index in [-0.39, 0.29) is 5.97 Å². The van der Waals surface area contributed by atoms with Gasteiger partial charge in [-0.05, 0) is 31.1 Å². The van der Waals surface area contributed by atoms with E-state index >= 15 is 0 Å². The number of hydrogen-bond acceptors (Lipinski definition) is 4. The Morgan fingerprint density at radius 3 is 1.61 bits per heavy atom. The predicted molar refractivity (Wildman–Crippen MR) is 92.2 cm³/mol. The number of hydrogen-bond donors (Lipinski definition) is 0. The van der Waals surface area contributed by atoms with Gasteiger partial charge in [0.05, 0.1) is 6.61 Å². The number of esters is 1. The molecule has 0 spiro atoms. The van der Waals surface area contributed by atoms with Crippen molar-refractivity contribution in [2.45, 2.75) is 85.5 Å². The van der Waals surface area contributed by atoms with E-state index < -0.39 is 0 Å². The number of carbonyl (C=O) groups is 3. The summed E-state index contributed by atoms with van der Waals surface area (Å²) in [7, 11) is 0. The van der Waals surface area contributed by atoms with Crippen molar-refractivity contribution in [3.05, 3.63) is 0 Å². The maximum absolute atomic E-state index is 11.1. The Morgan fingerprint density at radius 2 is 1.39 bits per heavy atom. The molecule has 23 heavy (non-hydrogen) atoms. The molecule has 0 atom stereocenters. The zero-order chi connectivity index (χ0) is 17.7. The van der Waals surface area contributed by atoms with Gasteiger partial charge in [0.2, 0.25) is 0 Å². The minimum absolute atomic E-state index is 0.0463. The van der Waals surface area contributed by atoms with Crippen LogP contribution in [0.25, 0.3) is 0 Å². The third kappa shape index (κ3) is 15.5. The highest BCUT2D eigenvalue weighted by atomic mass is 16.5. The SMILES string of the molecule is CC(C)CC(=O)CC(C)C.O=C1CCCCC1.O=C1CCCO1. The van der Waals surface area contributed by atoms with Crippen molar-refractivity contribution in [3.63, 3.8) is 0 Å². The summed E-state index contributed by atoms with van der Waals surface area (Å²) in [6.07, 6.45) is 8.28. The molecule has 0 aromatic rings. The lowest BCUT2D eigenvalue weighted by molar-refractivity contribution is -0.138. The zero-order valence-electron chi connectivity index (χ0n) is 15.4. The van der Waals surface area contributed by atoms with Crippen molar-refractivity contribution < 1.29 is 19.1 Å². The van der Waals surface area contributed by atoms with Crippen LogP contribution in [0.1, 0.15) is 85.5 Å². The second kappa shape index (κ2) is 13.3. The first-order valence-corrected chi connectivity index (χ1v) is 9.00. The Bertz CT molecular complexity index is 330. The van der Waals surface area contributed by atoms with Gasteiger partial charge in [-0.2, -0.15) is 0 Å². The third-order valence-electron chi connectivity index (χ3n) is 3.47. The van der Waals surface area contributed by atoms with E-state index in [1.54, 1.807) is 0 Å². The summed E-state index contributed by atoms with van der Waals surface area (Å²) in [5.41, 5.74) is 0. The van der Waals surface area contributed by atoms with Crippen LogP contribution >= 0.6 is 0 Å². The molecule has 0 aromatic carbocycles. The van der Waals surface area contributed by atoms with E-state index in [1.165, 1.54) is 6.42 Å². The van der Waals surface area contributed by atoms with E-state index in [4.69, 9.17) is 0 Å². The third-order valence-corrected chi connectivity index (χ3v) is 3.47. The lowest BCUT2D eigenvalue weighted by Crippen LogP contribution is -2.05. The largest absolute Gasteiger partial charge is 0.466 e. The van der Waals surface area contributed by atoms with Crippen LogP contribution in [0, 0.1) is 11.8 Å². The Hall–Kier alpha value is -1.19. The van der Waals surface area contributed by atoms with Crippen molar-refractivity contribution in [1.82, 2.24) is 0 Å². The Labute approximate surface area is 141 Å². The highest BCUT2D eigenvalue weighted by Gasteiger charge is 2.08. The molecule has 0 bridgehead atoms. The Morgan fingerprint density at radius 1 is 0.870 bits per heavy atom. The smallest absolute Gasteiger partial charge is 0.305 e. The molecule has 1 aliphatic heterocycles. The second-order valence-electron chi connectivity index (χ2n) is 7.16. The summed E-state index contributed by atoms with van der Waals surface area (Å²) in [4.78, 5) is 31.5. The highest BCUT2D eigenvalue weighted by molar-refractivity contribution is 5.79. The number of ether oxygens (including phenoxy) is 1. The van der Waals surface area contributed by atoms with Gasteiger partial charge in [-0.25, -0.2) is 0 Å². The summed E-state index contributed by atoms with van der Waals surface area (Å²) < 4.78 is 4.51. The van der Waals surface area contributed by atoms with Gasteiger partial charge >= 0.3 is 5.97 Å². The Balaban J connectivity index is 0.000000326. The topological polar surface area (TPSA) is 60.4 Å². The van der Waals surface area contributed by atoms with E-state index in [0.717, 1.165) is 44.9 Å². The first-order valence-electron chi connectivity index (χ1n) is 9.00. The molecule has 2 aliphatic rings. The fourth-order valence-electron chi connectivity index (χ4n) is 2.41. The molecule has 0 aromatic heterocycles. The maximum Gasteiger partial charge on any atom is 0.305 e. The summed E-state index contributed by atoms with van der Waals surface area (Å²) in [5.74, 6) is 1.86. The van der Waals surface area contributed by atoms with Crippen LogP contribution in [0.3, 0.4) is 0 Å². The number of cyclic esters (lactones) is 1. The molecule has 0 N–H and O–H groups in total. The second-order valence-corrected chi connectivity index (χ2v) is 7.16. The van der Waals surface area contributed by atoms with Crippen LogP contribution in [0.15, 0.2) is 0 Å². The lowest BCUT2D eigenvalue weighted by Gasteiger charge is -2.05. The van der Waals surface area contributed by atoms with Crippen LogP contribution in [0.4, 0.5) is 0 Å². The average molecular weight is 326 g/mol. The number of Topliss-reactive ketones (excluding diaryl/α,β-unsaturated/α-hetero) is 2. The van der Waals surface area contributed by atoms with Crippen molar-refractivity contribution in [2.24, 2.45) is 11.8 Å². The molecular weight excluding hydrogens is 292 g/mol. The standard InChI is InChI=1S/C9H18O.C6H10O.C4H6O2/c1-7(2)5-9(10)6-8(3)4;7-6-4-2-1-3-5-6;5-4-2-1-3-6-4/h7-8H,5-6H2,1-4H3;1-5H2;1-3H2. The highest BCUT2D eigenvalue weighted by Crippen LogP contribution is 2.12. The molecule has 1 heterocycles. The minimum Gasteiger partial charge on any atom is -0.466 e. The van der Waals surface area contributed by atoms with Gasteiger partial charge in [0.1, 0.15) is 11.6 Å². The first kappa shape index (κ1) is 21.8. The predicted octanol–water partition coefficient (Wildman–Crippen LogP) is 4.49. The van der Waals surface area contributed by atoms with Crippen LogP contribution in [0.5, 0.6) is 0 Å². The first-order chi connectivity index (χ1) is 10.8. The monoisotopic (exact) mass is 326 g/mol. The van der Waals surface area contributed by atoms with Crippen molar-refractivity contribution in [3.8, 4) is 0 Å². The fourth-order valence-corrected chi connectivity index (χ4v) is 2.41. The molecule has 2 rings (SSSR count). The zero-order valence-corrected chi connectivity index (χ0v) is 15.4. The van der Waals surface area contributed by atoms with Gasteiger partial charge < -0.3 is 4.74 Å². The molecule has 134 valence electrons. The van der Waals surface area contributed by atoms with Crippen LogP contribution in [0.2, 0.25) is 0 Å².